The molecule has 232 valence electrons. The Kier molecular flexibility index (Phi) is 9.43. The first-order valence-corrected chi connectivity index (χ1v) is 12.9. The van der Waals surface area contributed by atoms with E-state index in [9.17, 15) is 28.8 Å². The summed E-state index contributed by atoms with van der Waals surface area (Å²) >= 11 is 0. The van der Waals surface area contributed by atoms with Gasteiger partial charge in [-0.05, 0) is 36.4 Å². The Morgan fingerprint density at radius 1 is 0.841 bits per heavy atom. The molecule has 0 aliphatic carbocycles. The van der Waals surface area contributed by atoms with Crippen LogP contribution in [0, 0.1) is 0 Å². The molecular weight excluding hydrogens is 586 g/mol. The molecule has 2 N–H and O–H groups in total. The van der Waals surface area contributed by atoms with Crippen LogP contribution < -0.4 is 10.1 Å². The monoisotopic (exact) mass is 613 g/mol. The summed E-state index contributed by atoms with van der Waals surface area (Å²) in [4.78, 5) is 76.3. The van der Waals surface area contributed by atoms with Gasteiger partial charge < -0.3 is 43.2 Å². The molecule has 1 aromatic carbocycles. The van der Waals surface area contributed by atoms with Crippen molar-refractivity contribution in [3.8, 4) is 5.75 Å². The second-order valence-electron chi connectivity index (χ2n) is 9.38. The Morgan fingerprint density at radius 3 is 2.05 bits per heavy atom. The van der Waals surface area contributed by atoms with E-state index >= 15 is 0 Å². The average Bonchev–Trinajstić information content (AvgIpc) is 3.39. The van der Waals surface area contributed by atoms with Crippen molar-refractivity contribution >= 4 is 47.1 Å². The van der Waals surface area contributed by atoms with Crippen LogP contribution in [0.5, 0.6) is 5.75 Å². The van der Waals surface area contributed by atoms with Crippen LogP contribution in [0.15, 0.2) is 48.8 Å². The maximum atomic E-state index is 12.9. The van der Waals surface area contributed by atoms with Crippen molar-refractivity contribution in [3.63, 3.8) is 0 Å². The smallest absolute Gasteiger partial charge is 0.356 e. The van der Waals surface area contributed by atoms with Crippen molar-refractivity contribution in [2.45, 2.75) is 51.5 Å². The van der Waals surface area contributed by atoms with E-state index in [0.29, 0.717) is 11.3 Å². The van der Waals surface area contributed by atoms with Crippen LogP contribution in [0.4, 0.5) is 5.69 Å². The minimum Gasteiger partial charge on any atom is -0.476 e. The maximum absolute atomic E-state index is 12.9. The fraction of sp³-hybridized carbons (Fsp3) is 0.321. The fourth-order valence-electron chi connectivity index (χ4n) is 4.37. The highest BCUT2D eigenvalue weighted by molar-refractivity contribution is 6.04. The van der Waals surface area contributed by atoms with Crippen molar-refractivity contribution in [2.24, 2.45) is 0 Å². The number of nitrogens with one attached hydrogen (secondary N) is 1. The molecule has 4 rings (SSSR count). The lowest BCUT2D eigenvalue weighted by Crippen LogP contribution is -2.64. The van der Waals surface area contributed by atoms with Crippen LogP contribution in [0.25, 0.3) is 5.65 Å². The van der Waals surface area contributed by atoms with Gasteiger partial charge in [-0.3, -0.25) is 19.2 Å². The Balaban J connectivity index is 1.55. The summed E-state index contributed by atoms with van der Waals surface area (Å²) in [7, 11) is 1.07. The molecule has 16 heteroatoms. The number of anilines is 1. The molecule has 1 aliphatic heterocycles. The number of ether oxygens (including phenoxy) is 6. The number of hydrogen-bond donors (Lipinski definition) is 2. The van der Waals surface area contributed by atoms with E-state index in [1.807, 2.05) is 0 Å². The highest BCUT2D eigenvalue weighted by atomic mass is 16.7. The van der Waals surface area contributed by atoms with Crippen LogP contribution in [0.1, 0.15) is 41.6 Å². The van der Waals surface area contributed by atoms with E-state index in [2.05, 4.69) is 10.3 Å². The summed E-state index contributed by atoms with van der Waals surface area (Å²) < 4.78 is 33.6. The number of aromatic carboxylic acids is 1. The number of amides is 1. The first kappa shape index (κ1) is 31.4. The van der Waals surface area contributed by atoms with Gasteiger partial charge in [0.2, 0.25) is 12.4 Å². The zero-order valence-corrected chi connectivity index (χ0v) is 23.7. The van der Waals surface area contributed by atoms with Gasteiger partial charge in [-0.1, -0.05) is 0 Å². The van der Waals surface area contributed by atoms with Gasteiger partial charge in [-0.2, -0.15) is 0 Å². The van der Waals surface area contributed by atoms with Crippen molar-refractivity contribution in [2.75, 3.05) is 12.4 Å². The van der Waals surface area contributed by atoms with Crippen LogP contribution in [0.3, 0.4) is 0 Å². The highest BCUT2D eigenvalue weighted by Gasteiger charge is 2.55. The number of fused-ring (bicyclic) bond motifs is 1. The number of benzene rings is 1. The topological polar surface area (TPSA) is 207 Å². The third-order valence-corrected chi connectivity index (χ3v) is 6.13. The molecule has 2 aromatic heterocycles. The number of carboxylic acid groups (broad SMARTS) is 1. The number of carbonyl (C=O) groups excluding carboxylic acids is 5. The number of esters is 4. The Labute approximate surface area is 248 Å². The molecule has 3 heterocycles. The van der Waals surface area contributed by atoms with Gasteiger partial charge in [-0.25, -0.2) is 14.6 Å². The van der Waals surface area contributed by atoms with Crippen LogP contribution in [-0.2, 0) is 42.9 Å². The number of carboxylic acids is 1. The lowest BCUT2D eigenvalue weighted by Gasteiger charge is -2.43. The summed E-state index contributed by atoms with van der Waals surface area (Å²) in [5, 5.41) is 11.8. The summed E-state index contributed by atoms with van der Waals surface area (Å²) in [5.74, 6) is -5.07. The highest BCUT2D eigenvalue weighted by Crippen LogP contribution is 2.31. The molecule has 1 aliphatic rings. The third-order valence-electron chi connectivity index (χ3n) is 6.13. The minimum atomic E-state index is -1.63. The molecule has 1 unspecified atom stereocenters. The predicted molar refractivity (Wildman–Crippen MR) is 145 cm³/mol. The van der Waals surface area contributed by atoms with Crippen LogP contribution in [0.2, 0.25) is 0 Å². The number of pyridine rings is 1. The van der Waals surface area contributed by atoms with Crippen LogP contribution in [-0.4, -0.2) is 88.1 Å². The largest absolute Gasteiger partial charge is 0.476 e. The molecule has 1 amide bonds. The summed E-state index contributed by atoms with van der Waals surface area (Å²) in [6, 6.07) is 8.71. The molecular formula is C28H27N3O13. The Morgan fingerprint density at radius 2 is 1.45 bits per heavy atom. The van der Waals surface area contributed by atoms with E-state index in [0.717, 1.165) is 27.9 Å². The number of carbonyl (C=O) groups is 6. The number of rotatable bonds is 9. The second kappa shape index (κ2) is 13.2. The molecule has 0 bridgehead atoms. The van der Waals surface area contributed by atoms with Gasteiger partial charge in [0.05, 0.1) is 12.8 Å². The minimum absolute atomic E-state index is 0.0980. The maximum Gasteiger partial charge on any atom is 0.356 e. The standard InChI is InChI=1S/C28H27N3O13/c1-13(32)40-21-22(41-14(2)33)24(42-15(3)34)28(44-23(21)27(38)39-4)43-18-8-5-16(6-9-18)25(35)29-17-7-10-20-30-19(26(36)37)12-31(20)11-17/h5-12,21-24,28H,1-4H3,(H,29,35)(H,36,37)/t21-,22-,23?,24+,28+/m0/s1. The van der Waals surface area contributed by atoms with Gasteiger partial charge in [-0.15, -0.1) is 0 Å². The number of hydrogen-bond acceptors (Lipinski definition) is 13. The van der Waals surface area contributed by atoms with Crippen molar-refractivity contribution in [1.82, 2.24) is 9.38 Å². The first-order chi connectivity index (χ1) is 20.9. The number of imidazole rings is 1. The van der Waals surface area contributed by atoms with Crippen molar-refractivity contribution in [1.29, 1.82) is 0 Å². The van der Waals surface area contributed by atoms with Gasteiger partial charge in [0.15, 0.2) is 24.0 Å². The van der Waals surface area contributed by atoms with E-state index in [1.54, 1.807) is 12.1 Å². The number of aromatic nitrogens is 2. The lowest BCUT2D eigenvalue weighted by atomic mass is 9.97. The molecule has 16 nitrogen and oxygen atoms in total. The SMILES string of the molecule is COC(=O)C1O[C@@H](Oc2ccc(C(=O)Nc3ccc4nc(C(=O)O)cn4c3)cc2)[C@H](OC(C)=O)[C@@H](OC(C)=O)[C@@H]1OC(C)=O. The van der Waals surface area contributed by atoms with E-state index < -0.39 is 66.5 Å². The molecule has 5 atom stereocenters. The molecule has 0 saturated carbocycles. The third kappa shape index (κ3) is 7.27. The molecule has 3 aromatic rings. The molecule has 44 heavy (non-hydrogen) atoms. The van der Waals surface area contributed by atoms with Crippen molar-refractivity contribution < 1.29 is 62.3 Å². The first-order valence-electron chi connectivity index (χ1n) is 12.9. The molecule has 0 radical (unpaired) electrons. The molecule has 1 fully saturated rings. The summed E-state index contributed by atoms with van der Waals surface area (Å²) in [6.45, 7) is 3.21. The predicted octanol–water partition coefficient (Wildman–Crippen LogP) is 1.36. The van der Waals surface area contributed by atoms with Gasteiger partial charge >= 0.3 is 29.8 Å². The van der Waals surface area contributed by atoms with Crippen LogP contribution >= 0.6 is 0 Å². The molecule has 1 saturated heterocycles. The quantitative estimate of drug-likeness (QED) is 0.258. The molecule has 0 spiro atoms. The van der Waals surface area contributed by atoms with E-state index in [4.69, 9.17) is 33.5 Å². The zero-order valence-electron chi connectivity index (χ0n) is 23.7. The lowest BCUT2D eigenvalue weighted by molar-refractivity contribution is -0.282. The van der Waals surface area contributed by atoms with Crippen molar-refractivity contribution in [3.05, 3.63) is 60.0 Å². The normalized spacial score (nSPS) is 21.0. The summed E-state index contributed by atoms with van der Waals surface area (Å²) in [6.07, 6.45) is -4.94. The fourth-order valence-corrected chi connectivity index (χ4v) is 4.37. The van der Waals surface area contributed by atoms with Gasteiger partial charge in [0.1, 0.15) is 11.4 Å². The van der Waals surface area contributed by atoms with Gasteiger partial charge in [0, 0.05) is 38.7 Å². The zero-order chi connectivity index (χ0) is 32.1. The Bertz CT molecular complexity index is 1600. The van der Waals surface area contributed by atoms with E-state index in [1.165, 1.54) is 41.1 Å². The van der Waals surface area contributed by atoms with E-state index in [-0.39, 0.29) is 17.0 Å². The number of nitrogens with zero attached hydrogens (tertiary/aromatic N) is 2. The number of methoxy groups -OCH3 is 1. The summed E-state index contributed by atoms with van der Waals surface area (Å²) in [5.41, 5.74) is 0.796. The average molecular weight is 614 g/mol. The second-order valence-corrected chi connectivity index (χ2v) is 9.38. The van der Waals surface area contributed by atoms with Gasteiger partial charge in [0.25, 0.3) is 5.91 Å². The Hall–Kier alpha value is -5.51.